The van der Waals surface area contributed by atoms with Crippen molar-refractivity contribution in [1.82, 2.24) is 5.48 Å². The Kier molecular flexibility index (Phi) is 3.09. The molecule has 4 unspecified atom stereocenters. The number of hydrogen-bond acceptors (Lipinski definition) is 6. The Morgan fingerprint density at radius 3 is 2.27 bits per heavy atom. The number of para-hydroxylation sites is 1. The lowest BCUT2D eigenvalue weighted by molar-refractivity contribution is -0.161. The molecule has 0 saturated heterocycles. The maximum atomic E-state index is 12.7. The van der Waals surface area contributed by atoms with Gasteiger partial charge in [-0.1, -0.05) is 30.8 Å². The third-order valence-corrected chi connectivity index (χ3v) is 5.40. The second-order valence-electron chi connectivity index (χ2n) is 6.61. The Morgan fingerprint density at radius 2 is 1.54 bits per heavy atom. The van der Waals surface area contributed by atoms with Gasteiger partial charge in [-0.05, 0) is 17.7 Å². The van der Waals surface area contributed by atoms with Gasteiger partial charge in [0.1, 0.15) is 11.5 Å². The molecular weight excluding hydrogens is 334 g/mol. The maximum Gasteiger partial charge on any atom is 0.315 e. The van der Waals surface area contributed by atoms with Gasteiger partial charge in [-0.25, -0.2) is 5.48 Å². The highest BCUT2D eigenvalue weighted by atomic mass is 16.6. The Labute approximate surface area is 149 Å². The first-order chi connectivity index (χ1) is 12.7. The first-order valence-corrected chi connectivity index (χ1v) is 8.38. The van der Waals surface area contributed by atoms with Crippen LogP contribution in [0, 0.1) is 11.8 Å². The number of nitrogens with one attached hydrogen (secondary N) is 1. The van der Waals surface area contributed by atoms with E-state index in [9.17, 15) is 9.59 Å². The second-order valence-corrected chi connectivity index (χ2v) is 6.61. The molecule has 0 radical (unpaired) electrons. The van der Waals surface area contributed by atoms with Crippen molar-refractivity contribution in [3.05, 3.63) is 66.4 Å². The molecule has 4 atom stereocenters. The molecule has 1 saturated carbocycles. The van der Waals surface area contributed by atoms with Gasteiger partial charge in [-0.15, -0.1) is 0 Å². The molecule has 2 aromatic rings. The number of hydroxylamine groups is 1. The first kappa shape index (κ1) is 15.0. The predicted octanol–water partition coefficient (Wildman–Crippen LogP) is 2.66. The summed E-state index contributed by atoms with van der Waals surface area (Å²) in [6, 6.07) is 12.6. The molecule has 1 aliphatic carbocycles. The van der Waals surface area contributed by atoms with Crippen molar-refractivity contribution in [3.8, 4) is 17.2 Å². The van der Waals surface area contributed by atoms with E-state index in [4.69, 9.17) is 14.3 Å². The van der Waals surface area contributed by atoms with E-state index in [0.717, 1.165) is 11.1 Å². The van der Waals surface area contributed by atoms with Crippen molar-refractivity contribution in [2.24, 2.45) is 11.8 Å². The highest BCUT2D eigenvalue weighted by molar-refractivity contribution is 5.91. The number of carbonyl (C=O) groups excluding carboxylic acids is 2. The Hall–Kier alpha value is -3.28. The van der Waals surface area contributed by atoms with Gasteiger partial charge in [0.2, 0.25) is 0 Å². The predicted molar refractivity (Wildman–Crippen MR) is 90.6 cm³/mol. The SMILES string of the molecule is C=CNOc1ccc2c(c1)OC(=O)C1C3c4ccccc4OC(=O)C3C21. The van der Waals surface area contributed by atoms with Crippen LogP contribution in [0.5, 0.6) is 17.2 Å². The number of carbonyl (C=O) groups is 2. The van der Waals surface area contributed by atoms with Crippen LogP contribution < -0.4 is 19.8 Å². The number of hydrogen-bond donors (Lipinski definition) is 1. The highest BCUT2D eigenvalue weighted by Crippen LogP contribution is 2.64. The molecule has 1 N–H and O–H groups in total. The Morgan fingerprint density at radius 1 is 0.885 bits per heavy atom. The van der Waals surface area contributed by atoms with E-state index >= 15 is 0 Å². The summed E-state index contributed by atoms with van der Waals surface area (Å²) in [5.74, 6) is -0.345. The van der Waals surface area contributed by atoms with Crippen LogP contribution in [0.3, 0.4) is 0 Å². The molecular formula is C20H15NO5. The zero-order chi connectivity index (χ0) is 17.8. The molecule has 0 spiro atoms. The van der Waals surface area contributed by atoms with Crippen LogP contribution in [0.25, 0.3) is 0 Å². The van der Waals surface area contributed by atoms with Crippen LogP contribution in [0.4, 0.5) is 0 Å². The minimum atomic E-state index is -0.375. The quantitative estimate of drug-likeness (QED) is 0.522. The minimum Gasteiger partial charge on any atom is -0.426 e. The number of esters is 2. The molecule has 6 heteroatoms. The summed E-state index contributed by atoms with van der Waals surface area (Å²) in [5, 5.41) is 0. The summed E-state index contributed by atoms with van der Waals surface area (Å²) in [6.45, 7) is 3.51. The van der Waals surface area contributed by atoms with E-state index in [2.05, 4.69) is 12.1 Å². The zero-order valence-electron chi connectivity index (χ0n) is 13.7. The molecule has 0 aromatic heterocycles. The third kappa shape index (κ3) is 1.92. The highest BCUT2D eigenvalue weighted by Gasteiger charge is 2.64. The molecule has 5 rings (SSSR count). The van der Waals surface area contributed by atoms with E-state index < -0.39 is 0 Å². The van der Waals surface area contributed by atoms with Crippen molar-refractivity contribution in [3.63, 3.8) is 0 Å². The lowest BCUT2D eigenvalue weighted by atomic mass is 9.51. The topological polar surface area (TPSA) is 73.9 Å². The molecule has 0 bridgehead atoms. The standard InChI is InChI=1S/C20H15NO5/c1-2-21-26-10-7-8-12-14(9-10)25-20(23)18-15-11-5-3-4-6-13(11)24-19(22)17(15)16(12)18/h2-9,15-18,21H,1H2. The smallest absolute Gasteiger partial charge is 0.315 e. The fourth-order valence-electron chi connectivity index (χ4n) is 4.36. The van der Waals surface area contributed by atoms with Gasteiger partial charge in [0.25, 0.3) is 0 Å². The summed E-state index contributed by atoms with van der Waals surface area (Å²) in [7, 11) is 0. The summed E-state index contributed by atoms with van der Waals surface area (Å²) >= 11 is 0. The summed E-state index contributed by atoms with van der Waals surface area (Å²) in [4.78, 5) is 30.5. The van der Waals surface area contributed by atoms with Crippen molar-refractivity contribution >= 4 is 11.9 Å². The van der Waals surface area contributed by atoms with Crippen LogP contribution >= 0.6 is 0 Å². The summed E-state index contributed by atoms with van der Waals surface area (Å²) in [5.41, 5.74) is 4.26. The molecule has 2 aromatic carbocycles. The average molecular weight is 349 g/mol. The van der Waals surface area contributed by atoms with Crippen molar-refractivity contribution in [1.29, 1.82) is 0 Å². The summed E-state index contributed by atoms with van der Waals surface area (Å²) in [6.07, 6.45) is 1.40. The molecule has 6 nitrogen and oxygen atoms in total. The van der Waals surface area contributed by atoms with Crippen molar-refractivity contribution in [2.75, 3.05) is 0 Å². The van der Waals surface area contributed by atoms with Crippen molar-refractivity contribution in [2.45, 2.75) is 11.8 Å². The maximum absolute atomic E-state index is 12.7. The van der Waals surface area contributed by atoms with Crippen LogP contribution in [0.2, 0.25) is 0 Å². The van der Waals surface area contributed by atoms with Crippen molar-refractivity contribution < 1.29 is 23.9 Å². The van der Waals surface area contributed by atoms with E-state index in [0.29, 0.717) is 17.2 Å². The van der Waals surface area contributed by atoms with Gasteiger partial charge in [0, 0.05) is 29.7 Å². The van der Waals surface area contributed by atoms with Gasteiger partial charge >= 0.3 is 11.9 Å². The average Bonchev–Trinajstić information content (AvgIpc) is 2.61. The molecule has 130 valence electrons. The Bertz CT molecular complexity index is 947. The number of rotatable bonds is 3. The van der Waals surface area contributed by atoms with E-state index in [1.807, 2.05) is 24.3 Å². The zero-order valence-corrected chi connectivity index (χ0v) is 13.7. The number of ether oxygens (including phenoxy) is 2. The fourth-order valence-corrected chi connectivity index (χ4v) is 4.36. The van der Waals surface area contributed by atoms with E-state index in [1.54, 1.807) is 18.2 Å². The third-order valence-electron chi connectivity index (χ3n) is 5.40. The van der Waals surface area contributed by atoms with Gasteiger partial charge in [-0.3, -0.25) is 9.59 Å². The van der Waals surface area contributed by atoms with E-state index in [-0.39, 0.29) is 35.6 Å². The molecule has 3 aliphatic rings. The van der Waals surface area contributed by atoms with Gasteiger partial charge in [-0.2, -0.15) is 0 Å². The molecule has 0 amide bonds. The van der Waals surface area contributed by atoms with Crippen LogP contribution in [0.1, 0.15) is 23.0 Å². The van der Waals surface area contributed by atoms with Gasteiger partial charge in [0.15, 0.2) is 5.75 Å². The molecule has 1 fully saturated rings. The van der Waals surface area contributed by atoms with Gasteiger partial charge in [0.05, 0.1) is 11.8 Å². The second kappa shape index (κ2) is 5.36. The van der Waals surface area contributed by atoms with Crippen LogP contribution in [-0.4, -0.2) is 11.9 Å². The van der Waals surface area contributed by atoms with E-state index in [1.165, 1.54) is 6.20 Å². The monoisotopic (exact) mass is 349 g/mol. The molecule has 26 heavy (non-hydrogen) atoms. The molecule has 2 aliphatic heterocycles. The number of fused-ring (bicyclic) bond motifs is 8. The lowest BCUT2D eigenvalue weighted by Gasteiger charge is -2.53. The van der Waals surface area contributed by atoms with Crippen LogP contribution in [-0.2, 0) is 9.59 Å². The fraction of sp³-hybridized carbons (Fsp3) is 0.200. The van der Waals surface area contributed by atoms with Gasteiger partial charge < -0.3 is 14.3 Å². The summed E-state index contributed by atoms with van der Waals surface area (Å²) < 4.78 is 11.1. The Balaban J connectivity index is 1.56. The molecule has 2 heterocycles. The first-order valence-electron chi connectivity index (χ1n) is 8.38. The normalized spacial score (nSPS) is 27.4. The van der Waals surface area contributed by atoms with Crippen LogP contribution in [0.15, 0.2) is 55.2 Å². The lowest BCUT2D eigenvalue weighted by Crippen LogP contribution is -2.56. The number of benzene rings is 2. The largest absolute Gasteiger partial charge is 0.426 e. The minimum absolute atomic E-state index is 0.198.